The Morgan fingerprint density at radius 3 is 3.00 bits per heavy atom. The van der Waals surface area contributed by atoms with Crippen LogP contribution >= 0.6 is 11.8 Å². The minimum atomic E-state index is -0.927. The Hall–Kier alpha value is -2.27. The summed E-state index contributed by atoms with van der Waals surface area (Å²) in [7, 11) is 0. The summed E-state index contributed by atoms with van der Waals surface area (Å²) in [5, 5.41) is 29.0. The number of nitro benzene ring substituents is 1. The van der Waals surface area contributed by atoms with E-state index in [1.165, 1.54) is 18.2 Å². The summed E-state index contributed by atoms with van der Waals surface area (Å²) in [6.07, 6.45) is -0.0653. The smallest absolute Gasteiger partial charge is 0.305 e. The van der Waals surface area contributed by atoms with Crippen LogP contribution in [0.5, 0.6) is 0 Å². The molecular weight excluding hydrogens is 294 g/mol. The summed E-state index contributed by atoms with van der Waals surface area (Å²) in [5.41, 5.74) is 0.438. The van der Waals surface area contributed by atoms with Crippen molar-refractivity contribution in [2.75, 3.05) is 23.0 Å². The van der Waals surface area contributed by atoms with Gasteiger partial charge in [0.2, 0.25) is 0 Å². The largest absolute Gasteiger partial charge is 0.481 e. The van der Waals surface area contributed by atoms with Crippen molar-refractivity contribution in [3.63, 3.8) is 0 Å². The van der Waals surface area contributed by atoms with E-state index in [4.69, 9.17) is 10.4 Å². The van der Waals surface area contributed by atoms with Crippen LogP contribution in [0.3, 0.4) is 0 Å². The van der Waals surface area contributed by atoms with E-state index < -0.39 is 10.9 Å². The molecule has 0 spiro atoms. The summed E-state index contributed by atoms with van der Waals surface area (Å²) in [5.74, 6) is 0.472. The molecule has 7 nitrogen and oxygen atoms in total. The Morgan fingerprint density at radius 2 is 2.38 bits per heavy atom. The van der Waals surface area contributed by atoms with Gasteiger partial charge in [-0.3, -0.25) is 14.9 Å². The maximum atomic E-state index is 11.2. The van der Waals surface area contributed by atoms with Crippen molar-refractivity contribution in [3.8, 4) is 6.07 Å². The average Bonchev–Trinajstić information content (AvgIpc) is 2.46. The molecule has 1 fully saturated rings. The number of carboxylic acids is 1. The highest BCUT2D eigenvalue weighted by Crippen LogP contribution is 2.34. The first-order valence-electron chi connectivity index (χ1n) is 6.27. The van der Waals surface area contributed by atoms with E-state index in [1.807, 2.05) is 6.07 Å². The zero-order chi connectivity index (χ0) is 15.4. The molecule has 1 aromatic rings. The number of rotatable bonds is 4. The normalized spacial score (nSPS) is 18.0. The van der Waals surface area contributed by atoms with Gasteiger partial charge in [-0.05, 0) is 12.1 Å². The Bertz CT molecular complexity index is 614. The Balaban J connectivity index is 2.40. The van der Waals surface area contributed by atoms with Gasteiger partial charge in [0.1, 0.15) is 5.69 Å². The van der Waals surface area contributed by atoms with Crippen LogP contribution in [-0.4, -0.2) is 40.1 Å². The summed E-state index contributed by atoms with van der Waals surface area (Å²) in [4.78, 5) is 23.4. The van der Waals surface area contributed by atoms with Crippen molar-refractivity contribution >= 4 is 29.1 Å². The Labute approximate surface area is 125 Å². The van der Waals surface area contributed by atoms with Gasteiger partial charge in [-0.15, -0.1) is 0 Å². The highest BCUT2D eigenvalue weighted by Gasteiger charge is 2.30. The first-order valence-corrected chi connectivity index (χ1v) is 7.43. The highest BCUT2D eigenvalue weighted by atomic mass is 32.2. The maximum absolute atomic E-state index is 11.2. The number of hydrogen-bond donors (Lipinski definition) is 1. The van der Waals surface area contributed by atoms with Crippen LogP contribution in [0.15, 0.2) is 18.2 Å². The van der Waals surface area contributed by atoms with Crippen molar-refractivity contribution in [3.05, 3.63) is 33.9 Å². The fourth-order valence-corrected chi connectivity index (χ4v) is 3.39. The summed E-state index contributed by atoms with van der Waals surface area (Å²) < 4.78 is 0. The van der Waals surface area contributed by atoms with Crippen LogP contribution in [0, 0.1) is 21.4 Å². The summed E-state index contributed by atoms with van der Waals surface area (Å²) in [6, 6.07) is 5.87. The number of hydrogen-bond acceptors (Lipinski definition) is 6. The fourth-order valence-electron chi connectivity index (χ4n) is 2.32. The molecule has 1 aliphatic heterocycles. The van der Waals surface area contributed by atoms with E-state index >= 15 is 0 Å². The number of thioether (sulfide) groups is 1. The molecule has 0 amide bonds. The maximum Gasteiger partial charge on any atom is 0.305 e. The lowest BCUT2D eigenvalue weighted by molar-refractivity contribution is -0.384. The van der Waals surface area contributed by atoms with E-state index in [9.17, 15) is 14.9 Å². The molecule has 1 aliphatic rings. The molecule has 0 radical (unpaired) electrons. The molecule has 1 heterocycles. The van der Waals surface area contributed by atoms with E-state index in [1.54, 1.807) is 16.7 Å². The SMILES string of the molecule is N#Cc1ccc(N2CCSCC2CC(=O)O)c([N+](=O)[O-])c1. The molecule has 8 heteroatoms. The lowest BCUT2D eigenvalue weighted by Gasteiger charge is -2.36. The zero-order valence-corrected chi connectivity index (χ0v) is 11.9. The van der Waals surface area contributed by atoms with Crippen LogP contribution in [0.1, 0.15) is 12.0 Å². The van der Waals surface area contributed by atoms with E-state index in [-0.39, 0.29) is 23.7 Å². The quantitative estimate of drug-likeness (QED) is 0.668. The van der Waals surface area contributed by atoms with Gasteiger partial charge >= 0.3 is 5.97 Å². The molecule has 1 aromatic carbocycles. The molecule has 0 aromatic heterocycles. The van der Waals surface area contributed by atoms with Gasteiger partial charge in [0.15, 0.2) is 0 Å². The summed E-state index contributed by atoms with van der Waals surface area (Å²) in [6.45, 7) is 0.551. The second-order valence-electron chi connectivity index (χ2n) is 4.59. The average molecular weight is 307 g/mol. The number of nitrogens with zero attached hydrogens (tertiary/aromatic N) is 3. The Morgan fingerprint density at radius 1 is 1.62 bits per heavy atom. The first kappa shape index (κ1) is 15.1. The molecule has 21 heavy (non-hydrogen) atoms. The standard InChI is InChI=1S/C13H13N3O4S/c14-7-9-1-2-11(12(5-9)16(19)20)15-3-4-21-8-10(15)6-13(17)18/h1-2,5,10H,3-4,6,8H2,(H,17,18). The minimum Gasteiger partial charge on any atom is -0.481 e. The van der Waals surface area contributed by atoms with Crippen LogP contribution in [-0.2, 0) is 4.79 Å². The third-order valence-electron chi connectivity index (χ3n) is 3.25. The van der Waals surface area contributed by atoms with Crippen molar-refractivity contribution in [1.82, 2.24) is 0 Å². The van der Waals surface area contributed by atoms with Gasteiger partial charge in [-0.25, -0.2) is 0 Å². The van der Waals surface area contributed by atoms with Crippen LogP contribution in [0.4, 0.5) is 11.4 Å². The van der Waals surface area contributed by atoms with Gasteiger partial charge in [0, 0.05) is 30.2 Å². The lowest BCUT2D eigenvalue weighted by atomic mass is 10.1. The zero-order valence-electron chi connectivity index (χ0n) is 11.1. The van der Waals surface area contributed by atoms with Crippen LogP contribution in [0.2, 0.25) is 0 Å². The predicted octanol–water partition coefficient (Wildman–Crippen LogP) is 1.86. The second-order valence-corrected chi connectivity index (χ2v) is 5.74. The molecule has 1 unspecified atom stereocenters. The number of benzene rings is 1. The third kappa shape index (κ3) is 3.44. The van der Waals surface area contributed by atoms with Gasteiger partial charge in [0.25, 0.3) is 5.69 Å². The van der Waals surface area contributed by atoms with Gasteiger partial charge < -0.3 is 10.0 Å². The van der Waals surface area contributed by atoms with E-state index in [0.717, 1.165) is 5.75 Å². The van der Waals surface area contributed by atoms with Crippen LogP contribution in [0.25, 0.3) is 0 Å². The molecule has 1 atom stereocenters. The molecule has 0 saturated carbocycles. The molecule has 1 N–H and O–H groups in total. The second kappa shape index (κ2) is 6.45. The van der Waals surface area contributed by atoms with E-state index in [2.05, 4.69) is 0 Å². The minimum absolute atomic E-state index is 0.0653. The van der Waals surface area contributed by atoms with Crippen LogP contribution < -0.4 is 4.90 Å². The number of nitriles is 1. The van der Waals surface area contributed by atoms with Gasteiger partial charge in [-0.1, -0.05) is 0 Å². The first-order chi connectivity index (χ1) is 10.0. The van der Waals surface area contributed by atoms with Gasteiger partial charge in [-0.2, -0.15) is 17.0 Å². The number of aliphatic carboxylic acids is 1. The van der Waals surface area contributed by atoms with Crippen molar-refractivity contribution in [1.29, 1.82) is 5.26 Å². The molecule has 2 rings (SSSR count). The molecule has 1 saturated heterocycles. The topological polar surface area (TPSA) is 107 Å². The number of carbonyl (C=O) groups is 1. The molecule has 0 aliphatic carbocycles. The lowest BCUT2D eigenvalue weighted by Crippen LogP contribution is -2.44. The fraction of sp³-hybridized carbons (Fsp3) is 0.385. The van der Waals surface area contributed by atoms with Crippen molar-refractivity contribution in [2.45, 2.75) is 12.5 Å². The van der Waals surface area contributed by atoms with E-state index in [0.29, 0.717) is 18.0 Å². The van der Waals surface area contributed by atoms with Gasteiger partial charge in [0.05, 0.1) is 23.0 Å². The molecule has 0 bridgehead atoms. The third-order valence-corrected chi connectivity index (χ3v) is 4.34. The van der Waals surface area contributed by atoms with Crippen molar-refractivity contribution in [2.24, 2.45) is 0 Å². The number of carboxylic acid groups (broad SMARTS) is 1. The predicted molar refractivity (Wildman–Crippen MR) is 78.5 cm³/mol. The highest BCUT2D eigenvalue weighted by molar-refractivity contribution is 7.99. The summed E-state index contributed by atoms with van der Waals surface area (Å²) >= 11 is 1.64. The molecular formula is C13H13N3O4S. The monoisotopic (exact) mass is 307 g/mol. The molecule has 110 valence electrons. The number of nitro groups is 1. The number of anilines is 1. The van der Waals surface area contributed by atoms with Crippen molar-refractivity contribution < 1.29 is 14.8 Å². The Kier molecular flexibility index (Phi) is 4.65.